The average Bonchev–Trinajstić information content (AvgIpc) is 2.62. The molecule has 0 amide bonds. The Kier molecular flexibility index (Phi) is 9.26. The number of pyridine rings is 1. The van der Waals surface area contributed by atoms with Crippen LogP contribution in [-0.2, 0) is 6.54 Å². The van der Waals surface area contributed by atoms with Gasteiger partial charge in [0, 0.05) is 32.4 Å². The largest absolute Gasteiger partial charge is 0.481 e. The lowest BCUT2D eigenvalue weighted by Crippen LogP contribution is -2.38. The van der Waals surface area contributed by atoms with Gasteiger partial charge < -0.3 is 15.4 Å². The number of ether oxygens (including phenoxy) is 1. The first kappa shape index (κ1) is 21.2. The van der Waals surface area contributed by atoms with Gasteiger partial charge in [0.2, 0.25) is 5.88 Å². The first-order valence-electron chi connectivity index (χ1n) is 8.12. The molecule has 0 saturated heterocycles. The van der Waals surface area contributed by atoms with Gasteiger partial charge in [-0.15, -0.1) is 24.0 Å². The number of benzene rings is 1. The molecular formula is C19H27IN4O. The third-order valence-electron chi connectivity index (χ3n) is 3.91. The molecule has 0 bridgehead atoms. The Morgan fingerprint density at radius 1 is 1.16 bits per heavy atom. The van der Waals surface area contributed by atoms with E-state index in [1.807, 2.05) is 12.1 Å². The number of aryl methyl sites for hydroxylation is 1. The van der Waals surface area contributed by atoms with Crippen LogP contribution in [0.1, 0.15) is 29.5 Å². The smallest absolute Gasteiger partial charge is 0.212 e. The Morgan fingerprint density at radius 2 is 1.88 bits per heavy atom. The molecule has 1 atom stereocenters. The molecule has 5 nitrogen and oxygen atoms in total. The van der Waals surface area contributed by atoms with Crippen molar-refractivity contribution in [2.24, 2.45) is 4.99 Å². The van der Waals surface area contributed by atoms with Gasteiger partial charge >= 0.3 is 0 Å². The molecule has 0 radical (unpaired) electrons. The maximum absolute atomic E-state index is 5.06. The summed E-state index contributed by atoms with van der Waals surface area (Å²) in [6.07, 6.45) is 1.80. The van der Waals surface area contributed by atoms with Crippen LogP contribution in [0.5, 0.6) is 5.88 Å². The molecule has 6 heteroatoms. The standard InChI is InChI=1S/C19H26N4O.HI/c1-14-5-8-17(9-6-14)15(2)11-22-19(20-3)23-13-16-7-10-18(24-4)21-12-16;/h5-10,12,15H,11,13H2,1-4H3,(H2,20,22,23);1H. The number of aliphatic imine (C=N–C) groups is 1. The zero-order chi connectivity index (χ0) is 17.4. The normalized spacial score (nSPS) is 12.1. The maximum Gasteiger partial charge on any atom is 0.212 e. The van der Waals surface area contributed by atoms with Crippen molar-refractivity contribution in [2.45, 2.75) is 26.3 Å². The number of aromatic nitrogens is 1. The van der Waals surface area contributed by atoms with Crippen LogP contribution in [0.2, 0.25) is 0 Å². The third-order valence-corrected chi connectivity index (χ3v) is 3.91. The van der Waals surface area contributed by atoms with E-state index in [-0.39, 0.29) is 24.0 Å². The van der Waals surface area contributed by atoms with Gasteiger partial charge in [0.25, 0.3) is 0 Å². The van der Waals surface area contributed by atoms with Crippen molar-refractivity contribution in [3.05, 3.63) is 59.3 Å². The molecule has 1 aromatic carbocycles. The predicted octanol–water partition coefficient (Wildman–Crippen LogP) is 3.49. The average molecular weight is 454 g/mol. The molecule has 0 aliphatic rings. The van der Waals surface area contributed by atoms with Gasteiger partial charge in [-0.2, -0.15) is 0 Å². The van der Waals surface area contributed by atoms with Gasteiger partial charge in [-0.3, -0.25) is 4.99 Å². The molecule has 1 aromatic heterocycles. The highest BCUT2D eigenvalue weighted by Gasteiger charge is 2.06. The highest BCUT2D eigenvalue weighted by atomic mass is 127. The predicted molar refractivity (Wildman–Crippen MR) is 114 cm³/mol. The number of nitrogens with one attached hydrogen (secondary N) is 2. The van der Waals surface area contributed by atoms with Crippen molar-refractivity contribution in [2.75, 3.05) is 20.7 Å². The number of rotatable bonds is 6. The van der Waals surface area contributed by atoms with Crippen molar-refractivity contribution in [1.29, 1.82) is 0 Å². The minimum atomic E-state index is 0. The Labute approximate surface area is 167 Å². The van der Waals surface area contributed by atoms with Gasteiger partial charge in [-0.25, -0.2) is 4.98 Å². The summed E-state index contributed by atoms with van der Waals surface area (Å²) in [4.78, 5) is 8.47. The van der Waals surface area contributed by atoms with E-state index in [1.165, 1.54) is 11.1 Å². The number of hydrogen-bond donors (Lipinski definition) is 2. The van der Waals surface area contributed by atoms with Crippen LogP contribution in [-0.4, -0.2) is 31.6 Å². The number of guanidine groups is 1. The summed E-state index contributed by atoms with van der Waals surface area (Å²) in [6.45, 7) is 5.80. The molecular weight excluding hydrogens is 427 g/mol. The van der Waals surface area contributed by atoms with Crippen molar-refractivity contribution in [3.63, 3.8) is 0 Å². The Balaban J connectivity index is 0.00000312. The minimum Gasteiger partial charge on any atom is -0.481 e. The second kappa shape index (κ2) is 10.9. The van der Waals surface area contributed by atoms with Crippen LogP contribution in [0.4, 0.5) is 0 Å². The molecule has 2 aromatic rings. The number of nitrogens with zero attached hydrogens (tertiary/aromatic N) is 2. The number of methoxy groups -OCH3 is 1. The second-order valence-corrected chi connectivity index (χ2v) is 5.83. The van der Waals surface area contributed by atoms with Gasteiger partial charge in [0.05, 0.1) is 7.11 Å². The van der Waals surface area contributed by atoms with Crippen LogP contribution in [0.15, 0.2) is 47.6 Å². The lowest BCUT2D eigenvalue weighted by atomic mass is 10.0. The summed E-state index contributed by atoms with van der Waals surface area (Å²) in [5.41, 5.74) is 3.68. The topological polar surface area (TPSA) is 58.5 Å². The molecule has 1 unspecified atom stereocenters. The van der Waals surface area contributed by atoms with E-state index in [4.69, 9.17) is 4.74 Å². The summed E-state index contributed by atoms with van der Waals surface area (Å²) in [5.74, 6) is 1.81. The van der Waals surface area contributed by atoms with E-state index in [0.29, 0.717) is 18.3 Å². The molecule has 0 aliphatic carbocycles. The lowest BCUT2D eigenvalue weighted by molar-refractivity contribution is 0.397. The summed E-state index contributed by atoms with van der Waals surface area (Å²) in [6, 6.07) is 12.5. The summed E-state index contributed by atoms with van der Waals surface area (Å²) < 4.78 is 5.06. The summed E-state index contributed by atoms with van der Waals surface area (Å²) in [7, 11) is 3.39. The van der Waals surface area contributed by atoms with Gasteiger partial charge in [-0.1, -0.05) is 42.8 Å². The molecule has 0 aliphatic heterocycles. The summed E-state index contributed by atoms with van der Waals surface area (Å²) in [5, 5.41) is 6.67. The molecule has 2 N–H and O–H groups in total. The molecule has 1 heterocycles. The van der Waals surface area contributed by atoms with Crippen molar-refractivity contribution in [3.8, 4) is 5.88 Å². The third kappa shape index (κ3) is 6.89. The van der Waals surface area contributed by atoms with Crippen molar-refractivity contribution < 1.29 is 4.74 Å². The zero-order valence-corrected chi connectivity index (χ0v) is 17.6. The van der Waals surface area contributed by atoms with Crippen LogP contribution >= 0.6 is 24.0 Å². The van der Waals surface area contributed by atoms with E-state index >= 15 is 0 Å². The van der Waals surface area contributed by atoms with E-state index < -0.39 is 0 Å². The van der Waals surface area contributed by atoms with E-state index in [1.54, 1.807) is 20.4 Å². The summed E-state index contributed by atoms with van der Waals surface area (Å²) >= 11 is 0. The molecule has 2 rings (SSSR count). The second-order valence-electron chi connectivity index (χ2n) is 5.83. The first-order valence-corrected chi connectivity index (χ1v) is 8.12. The number of hydrogen-bond acceptors (Lipinski definition) is 3. The molecule has 0 saturated carbocycles. The Bertz CT molecular complexity index is 656. The highest BCUT2D eigenvalue weighted by molar-refractivity contribution is 14.0. The van der Waals surface area contributed by atoms with E-state index in [0.717, 1.165) is 18.1 Å². The van der Waals surface area contributed by atoms with Crippen molar-refractivity contribution >= 4 is 29.9 Å². The monoisotopic (exact) mass is 454 g/mol. The Morgan fingerprint density at radius 3 is 2.44 bits per heavy atom. The van der Waals surface area contributed by atoms with Crippen LogP contribution in [0.25, 0.3) is 0 Å². The van der Waals surface area contributed by atoms with Crippen molar-refractivity contribution in [1.82, 2.24) is 15.6 Å². The van der Waals surface area contributed by atoms with E-state index in [2.05, 4.69) is 58.7 Å². The zero-order valence-electron chi connectivity index (χ0n) is 15.2. The fourth-order valence-corrected chi connectivity index (χ4v) is 2.31. The number of halogens is 1. The van der Waals surface area contributed by atoms with Gasteiger partial charge in [0.1, 0.15) is 0 Å². The highest BCUT2D eigenvalue weighted by Crippen LogP contribution is 2.14. The fourth-order valence-electron chi connectivity index (χ4n) is 2.31. The van der Waals surface area contributed by atoms with Crippen LogP contribution in [0.3, 0.4) is 0 Å². The Hall–Kier alpha value is -1.83. The van der Waals surface area contributed by atoms with E-state index in [9.17, 15) is 0 Å². The van der Waals surface area contributed by atoms with Crippen LogP contribution < -0.4 is 15.4 Å². The molecule has 25 heavy (non-hydrogen) atoms. The minimum absolute atomic E-state index is 0. The molecule has 0 fully saturated rings. The molecule has 136 valence electrons. The quantitative estimate of drug-likeness (QED) is 0.399. The molecule has 0 spiro atoms. The van der Waals surface area contributed by atoms with Gasteiger partial charge in [-0.05, 0) is 24.0 Å². The first-order chi connectivity index (χ1) is 11.6. The SMILES string of the molecule is CN=C(NCc1ccc(OC)nc1)NCC(C)c1ccc(C)cc1.I. The van der Waals surface area contributed by atoms with Crippen LogP contribution in [0, 0.1) is 6.92 Å². The van der Waals surface area contributed by atoms with Gasteiger partial charge in [0.15, 0.2) is 5.96 Å². The fraction of sp³-hybridized carbons (Fsp3) is 0.368. The lowest BCUT2D eigenvalue weighted by Gasteiger charge is -2.16. The maximum atomic E-state index is 5.06.